The van der Waals surface area contributed by atoms with Crippen LogP contribution in [0.5, 0.6) is 0 Å². The maximum absolute atomic E-state index is 9.44. The summed E-state index contributed by atoms with van der Waals surface area (Å²) >= 11 is 0. The highest BCUT2D eigenvalue weighted by Crippen LogP contribution is 2.19. The Labute approximate surface area is 68.6 Å². The Morgan fingerprint density at radius 2 is 1.91 bits per heavy atom. The fourth-order valence-corrected chi connectivity index (χ4v) is 1.68. The maximum atomic E-state index is 9.44. The molecule has 0 spiro atoms. The van der Waals surface area contributed by atoms with E-state index in [1.807, 2.05) is 0 Å². The number of hydrogen-bond acceptors (Lipinski definition) is 2. The van der Waals surface area contributed by atoms with Crippen molar-refractivity contribution in [3.63, 3.8) is 0 Å². The molecule has 0 aliphatic heterocycles. The monoisotopic (exact) mass is 158 g/mol. The molecule has 1 saturated carbocycles. The molecule has 0 saturated heterocycles. The molecule has 0 aromatic carbocycles. The van der Waals surface area contributed by atoms with Gasteiger partial charge in [-0.15, -0.1) is 0 Å². The van der Waals surface area contributed by atoms with Gasteiger partial charge in [0.05, 0.1) is 12.2 Å². The first kappa shape index (κ1) is 9.01. The SMILES string of the molecule is CO[C@@H]1CCCCC[C@@H](O)C1. The second-order valence-corrected chi connectivity index (χ2v) is 3.39. The lowest BCUT2D eigenvalue weighted by atomic mass is 9.96. The minimum Gasteiger partial charge on any atom is -0.393 e. The topological polar surface area (TPSA) is 29.5 Å². The summed E-state index contributed by atoms with van der Waals surface area (Å²) in [5.41, 5.74) is 0. The molecule has 0 bridgehead atoms. The molecule has 1 N–H and O–H groups in total. The van der Waals surface area contributed by atoms with Gasteiger partial charge < -0.3 is 9.84 Å². The highest BCUT2D eigenvalue weighted by atomic mass is 16.5. The van der Waals surface area contributed by atoms with E-state index in [0.717, 1.165) is 19.3 Å². The zero-order valence-electron chi connectivity index (χ0n) is 7.25. The lowest BCUT2D eigenvalue weighted by molar-refractivity contribution is 0.0286. The van der Waals surface area contributed by atoms with Gasteiger partial charge in [-0.1, -0.05) is 19.3 Å². The van der Waals surface area contributed by atoms with Crippen LogP contribution in [-0.4, -0.2) is 24.4 Å². The molecule has 0 aromatic heterocycles. The average Bonchev–Trinajstić information content (AvgIpc) is 1.96. The Kier molecular flexibility index (Phi) is 3.87. The van der Waals surface area contributed by atoms with E-state index in [0.29, 0.717) is 6.10 Å². The first-order valence-corrected chi connectivity index (χ1v) is 4.54. The molecule has 1 aliphatic rings. The van der Waals surface area contributed by atoms with Crippen molar-refractivity contribution in [3.8, 4) is 0 Å². The van der Waals surface area contributed by atoms with Crippen LogP contribution in [0.15, 0.2) is 0 Å². The van der Waals surface area contributed by atoms with Crippen LogP contribution >= 0.6 is 0 Å². The van der Waals surface area contributed by atoms with E-state index >= 15 is 0 Å². The summed E-state index contributed by atoms with van der Waals surface area (Å²) in [5, 5.41) is 9.44. The molecule has 66 valence electrons. The first-order valence-electron chi connectivity index (χ1n) is 4.54. The second kappa shape index (κ2) is 4.73. The average molecular weight is 158 g/mol. The van der Waals surface area contributed by atoms with E-state index in [1.54, 1.807) is 7.11 Å². The molecule has 1 fully saturated rings. The minimum atomic E-state index is -0.125. The van der Waals surface area contributed by atoms with Gasteiger partial charge in [-0.05, 0) is 19.3 Å². The smallest absolute Gasteiger partial charge is 0.0596 e. The first-order chi connectivity index (χ1) is 5.33. The number of aliphatic hydroxyl groups excluding tert-OH is 1. The van der Waals surface area contributed by atoms with Gasteiger partial charge in [0.25, 0.3) is 0 Å². The summed E-state index contributed by atoms with van der Waals surface area (Å²) in [6.45, 7) is 0. The lowest BCUT2D eigenvalue weighted by Crippen LogP contribution is -2.21. The Morgan fingerprint density at radius 1 is 1.18 bits per heavy atom. The summed E-state index contributed by atoms with van der Waals surface area (Å²) < 4.78 is 5.24. The highest BCUT2D eigenvalue weighted by molar-refractivity contribution is 4.68. The molecule has 11 heavy (non-hydrogen) atoms. The standard InChI is InChI=1S/C9H18O2/c1-11-9-6-4-2-3-5-8(10)7-9/h8-10H,2-7H2,1H3/t8-,9-/m1/s1. The van der Waals surface area contributed by atoms with Crippen LogP contribution < -0.4 is 0 Å². The van der Waals surface area contributed by atoms with Crippen molar-refractivity contribution < 1.29 is 9.84 Å². The summed E-state index contributed by atoms with van der Waals surface area (Å²) in [7, 11) is 1.74. The number of ether oxygens (including phenoxy) is 1. The molecule has 0 heterocycles. The van der Waals surface area contributed by atoms with Gasteiger partial charge >= 0.3 is 0 Å². The van der Waals surface area contributed by atoms with Gasteiger partial charge in [-0.2, -0.15) is 0 Å². The third-order valence-electron chi connectivity index (χ3n) is 2.43. The fourth-order valence-electron chi connectivity index (χ4n) is 1.68. The van der Waals surface area contributed by atoms with Crippen molar-refractivity contribution in [1.82, 2.24) is 0 Å². The fraction of sp³-hybridized carbons (Fsp3) is 1.00. The van der Waals surface area contributed by atoms with Crippen LogP contribution in [0.25, 0.3) is 0 Å². The van der Waals surface area contributed by atoms with Crippen LogP contribution in [0.1, 0.15) is 38.5 Å². The molecular formula is C9H18O2. The van der Waals surface area contributed by atoms with Crippen molar-refractivity contribution in [2.45, 2.75) is 50.7 Å². The predicted molar refractivity (Wildman–Crippen MR) is 44.5 cm³/mol. The van der Waals surface area contributed by atoms with Crippen molar-refractivity contribution in [2.75, 3.05) is 7.11 Å². The minimum absolute atomic E-state index is 0.125. The molecule has 0 amide bonds. The van der Waals surface area contributed by atoms with Crippen LogP contribution in [-0.2, 0) is 4.74 Å². The largest absolute Gasteiger partial charge is 0.393 e. The molecule has 0 aromatic rings. The van der Waals surface area contributed by atoms with Gasteiger partial charge in [0.1, 0.15) is 0 Å². The molecule has 1 rings (SSSR count). The summed E-state index contributed by atoms with van der Waals surface area (Å²) in [5.74, 6) is 0. The van der Waals surface area contributed by atoms with E-state index in [2.05, 4.69) is 0 Å². The second-order valence-electron chi connectivity index (χ2n) is 3.39. The Bertz CT molecular complexity index is 104. The quantitative estimate of drug-likeness (QED) is 0.629. The normalized spacial score (nSPS) is 34.4. The molecule has 2 nitrogen and oxygen atoms in total. The summed E-state index contributed by atoms with van der Waals surface area (Å²) in [4.78, 5) is 0. The number of rotatable bonds is 1. The predicted octanol–water partition coefficient (Wildman–Crippen LogP) is 1.72. The zero-order chi connectivity index (χ0) is 8.10. The van der Waals surface area contributed by atoms with E-state index in [9.17, 15) is 5.11 Å². The Morgan fingerprint density at radius 3 is 2.64 bits per heavy atom. The third kappa shape index (κ3) is 3.21. The maximum Gasteiger partial charge on any atom is 0.0596 e. The van der Waals surface area contributed by atoms with Gasteiger partial charge in [0.15, 0.2) is 0 Å². The van der Waals surface area contributed by atoms with E-state index in [4.69, 9.17) is 4.74 Å². The lowest BCUT2D eigenvalue weighted by Gasteiger charge is -2.21. The molecule has 2 atom stereocenters. The molecular weight excluding hydrogens is 140 g/mol. The van der Waals surface area contributed by atoms with Gasteiger partial charge in [-0.3, -0.25) is 0 Å². The van der Waals surface area contributed by atoms with Crippen molar-refractivity contribution in [2.24, 2.45) is 0 Å². The number of aliphatic hydroxyl groups is 1. The zero-order valence-corrected chi connectivity index (χ0v) is 7.25. The molecule has 0 unspecified atom stereocenters. The van der Waals surface area contributed by atoms with Gasteiger partial charge in [-0.25, -0.2) is 0 Å². The van der Waals surface area contributed by atoms with Crippen molar-refractivity contribution in [3.05, 3.63) is 0 Å². The van der Waals surface area contributed by atoms with Crippen LogP contribution in [0.4, 0.5) is 0 Å². The van der Waals surface area contributed by atoms with Crippen LogP contribution in [0.3, 0.4) is 0 Å². The Balaban J connectivity index is 2.29. The highest BCUT2D eigenvalue weighted by Gasteiger charge is 2.15. The summed E-state index contributed by atoms with van der Waals surface area (Å²) in [6, 6.07) is 0. The molecule has 2 heteroatoms. The van der Waals surface area contributed by atoms with Crippen molar-refractivity contribution >= 4 is 0 Å². The van der Waals surface area contributed by atoms with Crippen LogP contribution in [0.2, 0.25) is 0 Å². The van der Waals surface area contributed by atoms with E-state index in [1.165, 1.54) is 19.3 Å². The number of hydrogen-bond donors (Lipinski definition) is 1. The summed E-state index contributed by atoms with van der Waals surface area (Å²) in [6.07, 6.45) is 6.76. The third-order valence-corrected chi connectivity index (χ3v) is 2.43. The van der Waals surface area contributed by atoms with Crippen molar-refractivity contribution in [1.29, 1.82) is 0 Å². The molecule has 1 aliphatic carbocycles. The van der Waals surface area contributed by atoms with Crippen LogP contribution in [0, 0.1) is 0 Å². The van der Waals surface area contributed by atoms with Gasteiger partial charge in [0.2, 0.25) is 0 Å². The van der Waals surface area contributed by atoms with E-state index < -0.39 is 0 Å². The Hall–Kier alpha value is -0.0800. The van der Waals surface area contributed by atoms with E-state index in [-0.39, 0.29) is 6.10 Å². The number of methoxy groups -OCH3 is 1. The van der Waals surface area contributed by atoms with Gasteiger partial charge in [0, 0.05) is 7.11 Å². The molecule has 0 radical (unpaired) electrons.